The maximum Gasteiger partial charge on any atom is 0.244 e. The van der Waals surface area contributed by atoms with Crippen molar-refractivity contribution < 1.29 is 18.3 Å². The van der Waals surface area contributed by atoms with E-state index in [9.17, 15) is 9.18 Å². The lowest BCUT2D eigenvalue weighted by Crippen LogP contribution is -2.23. The van der Waals surface area contributed by atoms with E-state index < -0.39 is 0 Å². The molecule has 0 saturated carbocycles. The standard InChI is InChI=1S/C32H28FNO3/c1-20(17-30(35)34-16-15-22-11-13-24(33)14-12-22)27-18-28-29(19-37-32(28)21(2)31(27)36-3)26-10-6-8-23-7-4-5-9-25(23)26/h4-14,17-19H,15-16H2,1-3H3,(H,34,35)/b20-17+. The third-order valence-electron chi connectivity index (χ3n) is 6.73. The van der Waals surface area contributed by atoms with Gasteiger partial charge in [0.2, 0.25) is 5.91 Å². The highest BCUT2D eigenvalue weighted by Gasteiger charge is 2.19. The summed E-state index contributed by atoms with van der Waals surface area (Å²) in [5.74, 6) is 0.217. The average molecular weight is 494 g/mol. The fraction of sp³-hybridized carbons (Fsp3) is 0.156. The van der Waals surface area contributed by atoms with Crippen molar-refractivity contribution in [3.05, 3.63) is 108 Å². The summed E-state index contributed by atoms with van der Waals surface area (Å²) >= 11 is 0. The van der Waals surface area contributed by atoms with Crippen LogP contribution >= 0.6 is 0 Å². The van der Waals surface area contributed by atoms with Crippen LogP contribution in [0.5, 0.6) is 5.75 Å². The molecule has 1 N–H and O–H groups in total. The molecule has 5 aromatic rings. The molecule has 0 atom stereocenters. The molecule has 0 aliphatic heterocycles. The maximum atomic E-state index is 13.1. The first-order valence-electron chi connectivity index (χ1n) is 12.2. The van der Waals surface area contributed by atoms with Crippen LogP contribution in [0.25, 0.3) is 38.4 Å². The van der Waals surface area contributed by atoms with Crippen molar-refractivity contribution in [3.63, 3.8) is 0 Å². The molecule has 0 fully saturated rings. The van der Waals surface area contributed by atoms with E-state index in [1.807, 2.05) is 32.0 Å². The van der Waals surface area contributed by atoms with Crippen molar-refractivity contribution in [2.24, 2.45) is 0 Å². The number of carbonyl (C=O) groups excluding carboxylic acids is 1. The highest BCUT2D eigenvalue weighted by Crippen LogP contribution is 2.42. The number of carbonyl (C=O) groups is 1. The van der Waals surface area contributed by atoms with E-state index in [1.54, 1.807) is 31.6 Å². The number of nitrogens with one attached hydrogen (secondary N) is 1. The summed E-state index contributed by atoms with van der Waals surface area (Å²) in [6.07, 6.45) is 4.01. The molecule has 186 valence electrons. The Balaban J connectivity index is 1.47. The number of rotatable bonds is 7. The molecule has 4 nitrogen and oxygen atoms in total. The number of methoxy groups -OCH3 is 1. The fourth-order valence-electron chi connectivity index (χ4n) is 4.85. The molecule has 5 rings (SSSR count). The Morgan fingerprint density at radius 3 is 2.54 bits per heavy atom. The second-order valence-electron chi connectivity index (χ2n) is 9.13. The van der Waals surface area contributed by atoms with Gasteiger partial charge in [0, 0.05) is 34.7 Å². The topological polar surface area (TPSA) is 51.5 Å². The highest BCUT2D eigenvalue weighted by atomic mass is 19.1. The van der Waals surface area contributed by atoms with Crippen molar-refractivity contribution in [1.29, 1.82) is 0 Å². The van der Waals surface area contributed by atoms with E-state index in [4.69, 9.17) is 9.15 Å². The summed E-state index contributed by atoms with van der Waals surface area (Å²) < 4.78 is 24.9. The van der Waals surface area contributed by atoms with Gasteiger partial charge in [0.1, 0.15) is 17.1 Å². The van der Waals surface area contributed by atoms with Gasteiger partial charge in [-0.2, -0.15) is 0 Å². The number of ether oxygens (including phenoxy) is 1. The van der Waals surface area contributed by atoms with Gasteiger partial charge >= 0.3 is 0 Å². The van der Waals surface area contributed by atoms with Gasteiger partial charge in [-0.25, -0.2) is 4.39 Å². The first-order valence-corrected chi connectivity index (χ1v) is 12.2. The van der Waals surface area contributed by atoms with Crippen LogP contribution in [-0.4, -0.2) is 19.6 Å². The first-order chi connectivity index (χ1) is 18.0. The molecular weight excluding hydrogens is 465 g/mol. The third kappa shape index (κ3) is 4.85. The molecule has 0 aliphatic rings. The van der Waals surface area contributed by atoms with Crippen molar-refractivity contribution in [2.75, 3.05) is 13.7 Å². The largest absolute Gasteiger partial charge is 0.496 e. The zero-order valence-corrected chi connectivity index (χ0v) is 21.1. The van der Waals surface area contributed by atoms with Gasteiger partial charge in [-0.1, -0.05) is 54.6 Å². The van der Waals surface area contributed by atoms with Crippen LogP contribution in [-0.2, 0) is 11.2 Å². The molecule has 0 unspecified atom stereocenters. The van der Waals surface area contributed by atoms with Crippen molar-refractivity contribution in [1.82, 2.24) is 5.32 Å². The molecule has 1 aromatic heterocycles. The smallest absolute Gasteiger partial charge is 0.244 e. The van der Waals surface area contributed by atoms with E-state index >= 15 is 0 Å². The molecular formula is C32H28FNO3. The van der Waals surface area contributed by atoms with E-state index in [0.29, 0.717) is 18.7 Å². The minimum atomic E-state index is -0.270. The number of furan rings is 1. The Bertz CT molecular complexity index is 1620. The van der Waals surface area contributed by atoms with Gasteiger partial charge in [0.15, 0.2) is 0 Å². The average Bonchev–Trinajstić information content (AvgIpc) is 3.33. The van der Waals surface area contributed by atoms with E-state index in [0.717, 1.165) is 55.1 Å². The van der Waals surface area contributed by atoms with Gasteiger partial charge < -0.3 is 14.5 Å². The predicted molar refractivity (Wildman–Crippen MR) is 147 cm³/mol. The van der Waals surface area contributed by atoms with Crippen LogP contribution in [0.4, 0.5) is 4.39 Å². The molecule has 1 amide bonds. The van der Waals surface area contributed by atoms with Gasteiger partial charge in [0.25, 0.3) is 0 Å². The maximum absolute atomic E-state index is 13.1. The number of fused-ring (bicyclic) bond motifs is 2. The molecule has 1 heterocycles. The molecule has 0 bridgehead atoms. The van der Waals surface area contributed by atoms with Crippen molar-refractivity contribution in [2.45, 2.75) is 20.3 Å². The van der Waals surface area contributed by atoms with Crippen molar-refractivity contribution >= 4 is 33.2 Å². The van der Waals surface area contributed by atoms with E-state index in [2.05, 4.69) is 35.6 Å². The highest BCUT2D eigenvalue weighted by molar-refractivity contribution is 6.07. The van der Waals surface area contributed by atoms with Crippen molar-refractivity contribution in [3.8, 4) is 16.9 Å². The van der Waals surface area contributed by atoms with Crippen LogP contribution < -0.4 is 10.1 Å². The quantitative estimate of drug-likeness (QED) is 0.239. The summed E-state index contributed by atoms with van der Waals surface area (Å²) in [7, 11) is 1.63. The van der Waals surface area contributed by atoms with Crippen LogP contribution in [0.3, 0.4) is 0 Å². The minimum absolute atomic E-state index is 0.194. The van der Waals surface area contributed by atoms with E-state index in [1.165, 1.54) is 12.1 Å². The lowest BCUT2D eigenvalue weighted by atomic mass is 9.94. The van der Waals surface area contributed by atoms with Crippen LogP contribution in [0, 0.1) is 12.7 Å². The number of amides is 1. The van der Waals surface area contributed by atoms with Gasteiger partial charge in [-0.15, -0.1) is 0 Å². The summed E-state index contributed by atoms with van der Waals surface area (Å²) in [5, 5.41) is 6.20. The Hall–Kier alpha value is -4.38. The normalized spacial score (nSPS) is 11.7. The Labute approximate surface area is 215 Å². The molecule has 0 radical (unpaired) electrons. The van der Waals surface area contributed by atoms with Crippen LogP contribution in [0.2, 0.25) is 0 Å². The Morgan fingerprint density at radius 2 is 1.76 bits per heavy atom. The van der Waals surface area contributed by atoms with Crippen LogP contribution in [0.15, 0.2) is 89.6 Å². The number of halogens is 1. The molecule has 0 saturated heterocycles. The first kappa shape index (κ1) is 24.3. The Kier molecular flexibility index (Phi) is 6.78. The number of aryl methyl sites for hydroxylation is 1. The summed E-state index contributed by atoms with van der Waals surface area (Å²) in [6, 6.07) is 22.9. The predicted octanol–water partition coefficient (Wildman–Crippen LogP) is 7.47. The minimum Gasteiger partial charge on any atom is -0.496 e. The zero-order valence-electron chi connectivity index (χ0n) is 21.1. The number of allylic oxidation sites excluding steroid dienone is 1. The Morgan fingerprint density at radius 1 is 1.00 bits per heavy atom. The summed E-state index contributed by atoms with van der Waals surface area (Å²) in [5.41, 5.74) is 6.32. The number of hydrogen-bond acceptors (Lipinski definition) is 3. The van der Waals surface area contributed by atoms with Crippen LogP contribution in [0.1, 0.15) is 23.6 Å². The van der Waals surface area contributed by atoms with E-state index in [-0.39, 0.29) is 11.7 Å². The van der Waals surface area contributed by atoms with Gasteiger partial charge in [0.05, 0.1) is 13.4 Å². The third-order valence-corrected chi connectivity index (χ3v) is 6.73. The summed E-state index contributed by atoms with van der Waals surface area (Å²) in [4.78, 5) is 12.7. The fourth-order valence-corrected chi connectivity index (χ4v) is 4.85. The lowest BCUT2D eigenvalue weighted by Gasteiger charge is -2.14. The second-order valence-corrected chi connectivity index (χ2v) is 9.13. The second kappa shape index (κ2) is 10.3. The zero-order chi connectivity index (χ0) is 25.9. The summed E-state index contributed by atoms with van der Waals surface area (Å²) in [6.45, 7) is 4.33. The monoisotopic (exact) mass is 493 g/mol. The molecule has 37 heavy (non-hydrogen) atoms. The molecule has 4 aromatic carbocycles. The number of benzene rings is 4. The lowest BCUT2D eigenvalue weighted by molar-refractivity contribution is -0.116. The molecule has 0 aliphatic carbocycles. The SMILES string of the molecule is COc1c(/C(C)=C/C(=O)NCCc2ccc(F)cc2)cc2c(-c3cccc4ccccc34)coc2c1C. The molecule has 0 spiro atoms. The molecule has 5 heteroatoms. The van der Waals surface area contributed by atoms with Gasteiger partial charge in [-0.3, -0.25) is 4.79 Å². The number of hydrogen-bond donors (Lipinski definition) is 1. The van der Waals surface area contributed by atoms with Gasteiger partial charge in [-0.05, 0) is 65.9 Å².